The fraction of sp³-hybridized carbons (Fsp3) is 0.300. The Kier molecular flexibility index (Phi) is 5.33. The predicted molar refractivity (Wildman–Crippen MR) is 97.1 cm³/mol. The van der Waals surface area contributed by atoms with E-state index < -0.39 is 0 Å². The highest BCUT2D eigenvalue weighted by Gasteiger charge is 2.22. The predicted octanol–water partition coefficient (Wildman–Crippen LogP) is 2.79. The van der Waals surface area contributed by atoms with Gasteiger partial charge in [0.25, 0.3) is 5.91 Å². The first kappa shape index (κ1) is 17.0. The number of para-hydroxylation sites is 1. The Hall–Kier alpha value is -2.82. The van der Waals surface area contributed by atoms with Crippen molar-refractivity contribution in [1.29, 1.82) is 0 Å². The number of amides is 2. The maximum atomic E-state index is 12.4. The van der Waals surface area contributed by atoms with Crippen LogP contribution in [-0.2, 0) is 11.2 Å². The van der Waals surface area contributed by atoms with Crippen LogP contribution in [0.3, 0.4) is 0 Å². The van der Waals surface area contributed by atoms with E-state index in [0.717, 1.165) is 30.0 Å². The van der Waals surface area contributed by atoms with E-state index in [9.17, 15) is 9.59 Å². The molecule has 0 unspecified atom stereocenters. The molecule has 1 fully saturated rings. The molecule has 3 rings (SSSR count). The van der Waals surface area contributed by atoms with Crippen LogP contribution in [0.4, 0.5) is 5.69 Å². The number of nitrogens with zero attached hydrogens (tertiary/aromatic N) is 1. The van der Waals surface area contributed by atoms with Crippen molar-refractivity contribution < 1.29 is 14.3 Å². The van der Waals surface area contributed by atoms with Gasteiger partial charge in [-0.3, -0.25) is 9.59 Å². The van der Waals surface area contributed by atoms with E-state index in [-0.39, 0.29) is 11.8 Å². The number of anilines is 1. The summed E-state index contributed by atoms with van der Waals surface area (Å²) in [6.45, 7) is 1.24. The Bertz CT molecular complexity index is 773. The highest BCUT2D eigenvalue weighted by atomic mass is 16.5. The van der Waals surface area contributed by atoms with Crippen LogP contribution in [-0.4, -0.2) is 32.0 Å². The second-order valence-electron chi connectivity index (χ2n) is 6.02. The Labute approximate surface area is 147 Å². The Morgan fingerprint density at radius 1 is 1.20 bits per heavy atom. The van der Waals surface area contributed by atoms with E-state index in [1.54, 1.807) is 24.1 Å². The largest absolute Gasteiger partial charge is 0.496 e. The summed E-state index contributed by atoms with van der Waals surface area (Å²) < 4.78 is 5.32. The molecule has 1 aliphatic rings. The van der Waals surface area contributed by atoms with Gasteiger partial charge in [-0.15, -0.1) is 0 Å². The van der Waals surface area contributed by atoms with Crippen molar-refractivity contribution in [3.05, 3.63) is 59.7 Å². The molecule has 25 heavy (non-hydrogen) atoms. The van der Waals surface area contributed by atoms with Crippen LogP contribution in [0.5, 0.6) is 5.75 Å². The zero-order valence-electron chi connectivity index (χ0n) is 14.3. The van der Waals surface area contributed by atoms with Crippen LogP contribution in [0.15, 0.2) is 48.5 Å². The van der Waals surface area contributed by atoms with Crippen LogP contribution in [0, 0.1) is 0 Å². The number of nitrogens with one attached hydrogen (secondary N) is 1. The molecular formula is C20H22N2O3. The molecule has 2 aromatic carbocycles. The molecule has 5 heteroatoms. The van der Waals surface area contributed by atoms with Crippen molar-refractivity contribution in [2.45, 2.75) is 19.3 Å². The summed E-state index contributed by atoms with van der Waals surface area (Å²) in [5, 5.41) is 2.93. The zero-order chi connectivity index (χ0) is 17.6. The van der Waals surface area contributed by atoms with Crippen LogP contribution >= 0.6 is 0 Å². The number of hydrogen-bond donors (Lipinski definition) is 1. The number of carbonyl (C=O) groups is 2. The smallest absolute Gasteiger partial charge is 0.251 e. The molecule has 1 aliphatic heterocycles. The van der Waals surface area contributed by atoms with Gasteiger partial charge in [-0.25, -0.2) is 0 Å². The standard InChI is InChI=1S/C20H22N2O3/c1-25-18-9-3-2-6-15(18)11-12-21-20(24)16-7-4-8-17(14-16)22-13-5-10-19(22)23/h2-4,6-9,14H,5,10-13H2,1H3,(H,21,24). The van der Waals surface area contributed by atoms with E-state index in [1.807, 2.05) is 36.4 Å². The molecule has 130 valence electrons. The molecule has 0 atom stereocenters. The van der Waals surface area contributed by atoms with Crippen LogP contribution in [0.2, 0.25) is 0 Å². The Balaban J connectivity index is 1.61. The molecule has 0 aliphatic carbocycles. The van der Waals surface area contributed by atoms with E-state index >= 15 is 0 Å². The van der Waals surface area contributed by atoms with Gasteiger partial charge in [-0.05, 0) is 42.7 Å². The summed E-state index contributed by atoms with van der Waals surface area (Å²) in [5.41, 5.74) is 2.42. The van der Waals surface area contributed by atoms with Crippen molar-refractivity contribution in [3.63, 3.8) is 0 Å². The van der Waals surface area contributed by atoms with Gasteiger partial charge >= 0.3 is 0 Å². The maximum Gasteiger partial charge on any atom is 0.251 e. The molecule has 0 aromatic heterocycles. The van der Waals surface area contributed by atoms with Gasteiger partial charge in [0, 0.05) is 30.8 Å². The first-order chi connectivity index (χ1) is 12.2. The number of hydrogen-bond acceptors (Lipinski definition) is 3. The van der Waals surface area contributed by atoms with E-state index in [0.29, 0.717) is 24.9 Å². The van der Waals surface area contributed by atoms with Gasteiger partial charge in [0.1, 0.15) is 5.75 Å². The molecule has 1 N–H and O–H groups in total. The minimum Gasteiger partial charge on any atom is -0.496 e. The van der Waals surface area contributed by atoms with E-state index in [2.05, 4.69) is 5.32 Å². The summed E-state index contributed by atoms with van der Waals surface area (Å²) in [6, 6.07) is 15.0. The van der Waals surface area contributed by atoms with Crippen LogP contribution in [0.1, 0.15) is 28.8 Å². The average molecular weight is 338 g/mol. The second kappa shape index (κ2) is 7.83. The van der Waals surface area contributed by atoms with Gasteiger partial charge in [-0.2, -0.15) is 0 Å². The summed E-state index contributed by atoms with van der Waals surface area (Å²) in [7, 11) is 1.64. The summed E-state index contributed by atoms with van der Waals surface area (Å²) in [6.07, 6.45) is 2.14. The van der Waals surface area contributed by atoms with Gasteiger partial charge in [0.2, 0.25) is 5.91 Å². The van der Waals surface area contributed by atoms with Gasteiger partial charge < -0.3 is 15.0 Å². The third-order valence-electron chi connectivity index (χ3n) is 4.37. The molecule has 1 heterocycles. The fourth-order valence-corrected chi connectivity index (χ4v) is 3.06. The number of benzene rings is 2. The van der Waals surface area contributed by atoms with E-state index in [4.69, 9.17) is 4.74 Å². The molecule has 1 saturated heterocycles. The summed E-state index contributed by atoms with van der Waals surface area (Å²) in [5.74, 6) is 0.809. The Morgan fingerprint density at radius 3 is 2.80 bits per heavy atom. The monoisotopic (exact) mass is 338 g/mol. The lowest BCUT2D eigenvalue weighted by Gasteiger charge is -2.16. The van der Waals surface area contributed by atoms with Crippen molar-refractivity contribution in [2.24, 2.45) is 0 Å². The van der Waals surface area contributed by atoms with Crippen molar-refractivity contribution in [1.82, 2.24) is 5.32 Å². The minimum atomic E-state index is -0.136. The quantitative estimate of drug-likeness (QED) is 0.881. The van der Waals surface area contributed by atoms with Crippen molar-refractivity contribution in [3.8, 4) is 5.75 Å². The fourth-order valence-electron chi connectivity index (χ4n) is 3.06. The maximum absolute atomic E-state index is 12.4. The summed E-state index contributed by atoms with van der Waals surface area (Å²) in [4.78, 5) is 26.0. The van der Waals surface area contributed by atoms with Gasteiger partial charge in [0.15, 0.2) is 0 Å². The number of ether oxygens (including phenoxy) is 1. The topological polar surface area (TPSA) is 58.6 Å². The van der Waals surface area contributed by atoms with Gasteiger partial charge in [-0.1, -0.05) is 24.3 Å². The first-order valence-corrected chi connectivity index (χ1v) is 8.49. The second-order valence-corrected chi connectivity index (χ2v) is 6.02. The minimum absolute atomic E-state index is 0.119. The molecule has 0 saturated carbocycles. The lowest BCUT2D eigenvalue weighted by molar-refractivity contribution is -0.117. The summed E-state index contributed by atoms with van der Waals surface area (Å²) >= 11 is 0. The van der Waals surface area contributed by atoms with Crippen LogP contribution < -0.4 is 15.0 Å². The first-order valence-electron chi connectivity index (χ1n) is 8.49. The highest BCUT2D eigenvalue weighted by Crippen LogP contribution is 2.22. The Morgan fingerprint density at radius 2 is 2.04 bits per heavy atom. The molecule has 0 radical (unpaired) electrons. The molecule has 2 amide bonds. The van der Waals surface area contributed by atoms with E-state index in [1.165, 1.54) is 0 Å². The van der Waals surface area contributed by atoms with Gasteiger partial charge in [0.05, 0.1) is 7.11 Å². The highest BCUT2D eigenvalue weighted by molar-refractivity contribution is 5.99. The number of rotatable bonds is 6. The average Bonchev–Trinajstić information content (AvgIpc) is 3.08. The number of carbonyl (C=O) groups excluding carboxylic acids is 2. The number of methoxy groups -OCH3 is 1. The molecule has 2 aromatic rings. The molecule has 5 nitrogen and oxygen atoms in total. The third-order valence-corrected chi connectivity index (χ3v) is 4.37. The molecular weight excluding hydrogens is 316 g/mol. The van der Waals surface area contributed by atoms with Crippen molar-refractivity contribution >= 4 is 17.5 Å². The van der Waals surface area contributed by atoms with Crippen molar-refractivity contribution in [2.75, 3.05) is 25.1 Å². The molecule has 0 bridgehead atoms. The third kappa shape index (κ3) is 3.99. The van der Waals surface area contributed by atoms with Crippen LogP contribution in [0.25, 0.3) is 0 Å². The normalized spacial score (nSPS) is 13.8. The lowest BCUT2D eigenvalue weighted by Crippen LogP contribution is -2.27. The molecule has 0 spiro atoms. The lowest BCUT2D eigenvalue weighted by atomic mass is 10.1. The SMILES string of the molecule is COc1ccccc1CCNC(=O)c1cccc(N2CCCC2=O)c1. The zero-order valence-corrected chi connectivity index (χ0v) is 14.3.